The monoisotopic (exact) mass is 409 g/mol. The van der Waals surface area contributed by atoms with Crippen molar-refractivity contribution in [3.63, 3.8) is 0 Å². The van der Waals surface area contributed by atoms with E-state index in [0.29, 0.717) is 5.92 Å². The van der Waals surface area contributed by atoms with E-state index in [0.717, 1.165) is 92.8 Å². The summed E-state index contributed by atoms with van der Waals surface area (Å²) < 4.78 is 5.87. The quantitative estimate of drug-likeness (QED) is 0.724. The average Bonchev–Trinajstić information content (AvgIpc) is 3.05. The van der Waals surface area contributed by atoms with Crippen molar-refractivity contribution in [2.75, 3.05) is 26.2 Å². The lowest BCUT2D eigenvalue weighted by Crippen LogP contribution is -2.39. The molecule has 2 aromatic heterocycles. The first-order valence-electron chi connectivity index (χ1n) is 11.5. The Bertz CT molecular complexity index is 868. The molecule has 4 heterocycles. The molecule has 2 fully saturated rings. The minimum absolute atomic E-state index is 0.174. The maximum absolute atomic E-state index is 13.3. The zero-order valence-electron chi connectivity index (χ0n) is 18.9. The van der Waals surface area contributed by atoms with Crippen LogP contribution in [0.2, 0.25) is 0 Å². The van der Waals surface area contributed by atoms with Crippen LogP contribution in [0, 0.1) is 26.7 Å². The van der Waals surface area contributed by atoms with E-state index in [-0.39, 0.29) is 5.91 Å². The van der Waals surface area contributed by atoms with Gasteiger partial charge in [0.1, 0.15) is 11.5 Å². The van der Waals surface area contributed by atoms with Crippen molar-refractivity contribution >= 4 is 5.91 Å². The molecule has 2 saturated heterocycles. The summed E-state index contributed by atoms with van der Waals surface area (Å²) in [6, 6.07) is 6.15. The van der Waals surface area contributed by atoms with Crippen molar-refractivity contribution in [1.82, 2.24) is 14.8 Å². The molecule has 2 aliphatic rings. The van der Waals surface area contributed by atoms with Crippen LogP contribution in [0.4, 0.5) is 0 Å². The first kappa shape index (κ1) is 21.1. The Morgan fingerprint density at radius 3 is 2.40 bits per heavy atom. The number of carbonyl (C=O) groups is 1. The van der Waals surface area contributed by atoms with E-state index in [9.17, 15) is 4.79 Å². The fraction of sp³-hybridized carbons (Fsp3) is 0.600. The van der Waals surface area contributed by atoms with E-state index in [1.165, 1.54) is 5.56 Å². The summed E-state index contributed by atoms with van der Waals surface area (Å²) in [6.07, 6.45) is 4.27. The second-order valence-electron chi connectivity index (χ2n) is 9.36. The van der Waals surface area contributed by atoms with E-state index in [1.807, 2.05) is 30.9 Å². The van der Waals surface area contributed by atoms with Gasteiger partial charge < -0.3 is 9.32 Å². The molecule has 5 heteroatoms. The van der Waals surface area contributed by atoms with Crippen LogP contribution in [0.15, 0.2) is 22.6 Å². The predicted molar refractivity (Wildman–Crippen MR) is 119 cm³/mol. The van der Waals surface area contributed by atoms with E-state index in [1.54, 1.807) is 0 Å². The molecular formula is C25H35N3O2. The zero-order valence-corrected chi connectivity index (χ0v) is 18.9. The molecular weight excluding hydrogens is 374 g/mol. The fourth-order valence-corrected chi connectivity index (χ4v) is 4.76. The topological polar surface area (TPSA) is 49.6 Å². The van der Waals surface area contributed by atoms with Crippen LogP contribution in [0.1, 0.15) is 77.4 Å². The molecule has 0 spiro atoms. The highest BCUT2D eigenvalue weighted by Gasteiger charge is 2.29. The van der Waals surface area contributed by atoms with E-state index < -0.39 is 0 Å². The van der Waals surface area contributed by atoms with Gasteiger partial charge in [-0.3, -0.25) is 14.7 Å². The number of likely N-dealkylation sites (tertiary alicyclic amines) is 2. The first-order valence-corrected chi connectivity index (χ1v) is 11.5. The highest BCUT2D eigenvalue weighted by Crippen LogP contribution is 2.31. The van der Waals surface area contributed by atoms with Gasteiger partial charge >= 0.3 is 0 Å². The van der Waals surface area contributed by atoms with Crippen LogP contribution in [0.3, 0.4) is 0 Å². The maximum atomic E-state index is 13.3. The second kappa shape index (κ2) is 8.93. The smallest absolute Gasteiger partial charge is 0.255 e. The molecule has 0 aromatic carbocycles. The van der Waals surface area contributed by atoms with Crippen LogP contribution >= 0.6 is 0 Å². The summed E-state index contributed by atoms with van der Waals surface area (Å²) >= 11 is 0. The Balaban J connectivity index is 1.44. The fourth-order valence-electron chi connectivity index (χ4n) is 4.76. The number of hydrogen-bond donors (Lipinski definition) is 0. The lowest BCUT2D eigenvalue weighted by Gasteiger charge is -2.33. The minimum atomic E-state index is 0.174. The van der Waals surface area contributed by atoms with Crippen molar-refractivity contribution in [2.24, 2.45) is 5.92 Å². The van der Waals surface area contributed by atoms with Gasteiger partial charge in [-0.15, -0.1) is 0 Å². The molecule has 0 bridgehead atoms. The number of piperidine rings is 2. The number of pyridine rings is 1. The highest BCUT2D eigenvalue weighted by atomic mass is 16.3. The number of aryl methyl sites for hydroxylation is 3. The minimum Gasteiger partial charge on any atom is -0.465 e. The molecule has 5 nitrogen and oxygen atoms in total. The third-order valence-corrected chi connectivity index (χ3v) is 6.94. The Morgan fingerprint density at radius 2 is 1.77 bits per heavy atom. The molecule has 0 atom stereocenters. The molecule has 0 radical (unpaired) electrons. The van der Waals surface area contributed by atoms with Crippen LogP contribution < -0.4 is 0 Å². The number of rotatable bonds is 4. The number of aromatic nitrogens is 1. The lowest BCUT2D eigenvalue weighted by atomic mass is 9.89. The second-order valence-corrected chi connectivity index (χ2v) is 9.36. The van der Waals surface area contributed by atoms with Crippen LogP contribution in [-0.4, -0.2) is 46.9 Å². The summed E-state index contributed by atoms with van der Waals surface area (Å²) in [7, 11) is 0. The third-order valence-electron chi connectivity index (χ3n) is 6.94. The molecule has 0 saturated carbocycles. The van der Waals surface area contributed by atoms with Crippen molar-refractivity contribution < 1.29 is 9.21 Å². The van der Waals surface area contributed by atoms with Gasteiger partial charge in [0.15, 0.2) is 0 Å². The summed E-state index contributed by atoms with van der Waals surface area (Å²) in [4.78, 5) is 22.6. The van der Waals surface area contributed by atoms with E-state index in [4.69, 9.17) is 9.40 Å². The zero-order chi connectivity index (χ0) is 21.3. The van der Waals surface area contributed by atoms with E-state index >= 15 is 0 Å². The van der Waals surface area contributed by atoms with E-state index in [2.05, 4.69) is 24.8 Å². The summed E-state index contributed by atoms with van der Waals surface area (Å²) in [5.74, 6) is 3.31. The van der Waals surface area contributed by atoms with Gasteiger partial charge in [0.25, 0.3) is 5.91 Å². The van der Waals surface area contributed by atoms with Crippen molar-refractivity contribution in [3.8, 4) is 0 Å². The molecule has 2 aromatic rings. The van der Waals surface area contributed by atoms with Crippen molar-refractivity contribution in [3.05, 3.63) is 52.2 Å². The number of amides is 1. The highest BCUT2D eigenvalue weighted by molar-refractivity contribution is 5.95. The predicted octanol–water partition coefficient (Wildman–Crippen LogP) is 4.85. The average molecular weight is 410 g/mol. The number of hydrogen-bond acceptors (Lipinski definition) is 4. The summed E-state index contributed by atoms with van der Waals surface area (Å²) in [5.41, 5.74) is 4.06. The lowest BCUT2D eigenvalue weighted by molar-refractivity contribution is 0.0694. The van der Waals surface area contributed by atoms with Gasteiger partial charge in [-0.05, 0) is 89.2 Å². The van der Waals surface area contributed by atoms with Crippen molar-refractivity contribution in [1.29, 1.82) is 0 Å². The number of furan rings is 1. The molecule has 0 aliphatic carbocycles. The van der Waals surface area contributed by atoms with Crippen molar-refractivity contribution in [2.45, 2.75) is 65.8 Å². The van der Waals surface area contributed by atoms with Crippen LogP contribution in [0.25, 0.3) is 0 Å². The molecule has 2 aliphatic heterocycles. The number of carbonyl (C=O) groups excluding carboxylic acids is 1. The Labute approximate surface area is 180 Å². The number of nitrogens with zero attached hydrogens (tertiary/aromatic N) is 3. The SMILES string of the molecule is Cc1ccc(C(=O)N2CCC(C)CC2)c(C2CCN(Cc3cc(C)c(C)o3)CC2)n1. The van der Waals surface area contributed by atoms with Gasteiger partial charge in [-0.25, -0.2) is 0 Å². The standard InChI is InChI=1S/C25H35N3O2/c1-17-7-13-28(14-8-17)25(29)23-6-5-19(3)26-24(23)21-9-11-27(12-10-21)16-22-15-18(2)20(4)30-22/h5-6,15,17,21H,7-14,16H2,1-4H3. The first-order chi connectivity index (χ1) is 14.4. The van der Waals surface area contributed by atoms with Gasteiger partial charge in [0.05, 0.1) is 17.8 Å². The van der Waals surface area contributed by atoms with Gasteiger partial charge in [0.2, 0.25) is 0 Å². The Hall–Kier alpha value is -2.14. The summed E-state index contributed by atoms with van der Waals surface area (Å²) in [5, 5.41) is 0. The third kappa shape index (κ3) is 4.61. The summed E-state index contributed by atoms with van der Waals surface area (Å²) in [6.45, 7) is 13.0. The van der Waals surface area contributed by atoms with Gasteiger partial charge in [0, 0.05) is 24.7 Å². The maximum Gasteiger partial charge on any atom is 0.255 e. The van der Waals surface area contributed by atoms with Gasteiger partial charge in [-0.1, -0.05) is 6.92 Å². The molecule has 30 heavy (non-hydrogen) atoms. The molecule has 4 rings (SSSR count). The Morgan fingerprint density at radius 1 is 1.07 bits per heavy atom. The molecule has 162 valence electrons. The van der Waals surface area contributed by atoms with Gasteiger partial charge in [-0.2, -0.15) is 0 Å². The van der Waals surface area contributed by atoms with Crippen LogP contribution in [0.5, 0.6) is 0 Å². The largest absolute Gasteiger partial charge is 0.465 e. The Kier molecular flexibility index (Phi) is 6.28. The molecule has 0 N–H and O–H groups in total. The molecule has 1 amide bonds. The normalized spacial score (nSPS) is 19.4. The molecule has 0 unspecified atom stereocenters. The van der Waals surface area contributed by atoms with Crippen LogP contribution in [-0.2, 0) is 6.54 Å².